The predicted octanol–water partition coefficient (Wildman–Crippen LogP) is 2.59. The predicted molar refractivity (Wildman–Crippen MR) is 51.6 cm³/mol. The molecular weight excluding hydrogens is 258 g/mol. The lowest BCUT2D eigenvalue weighted by Crippen LogP contribution is -2.07. The molecular formula is C9H9BrF2O2. The summed E-state index contributed by atoms with van der Waals surface area (Å²) in [6.45, 7) is -0.793. The van der Waals surface area contributed by atoms with Crippen LogP contribution >= 0.6 is 15.9 Å². The lowest BCUT2D eigenvalue weighted by molar-refractivity contribution is 0.0818. The van der Waals surface area contributed by atoms with Crippen molar-refractivity contribution in [3.05, 3.63) is 28.2 Å². The Morgan fingerprint density at radius 1 is 1.43 bits per heavy atom. The minimum atomic E-state index is -2.49. The van der Waals surface area contributed by atoms with E-state index in [0.29, 0.717) is 11.3 Å². The Hall–Kier alpha value is -0.680. The van der Waals surface area contributed by atoms with Crippen molar-refractivity contribution in [2.45, 2.75) is 13.0 Å². The highest BCUT2D eigenvalue weighted by Gasteiger charge is 2.05. The summed E-state index contributed by atoms with van der Waals surface area (Å²) in [5.41, 5.74) is 0.608. The van der Waals surface area contributed by atoms with E-state index in [9.17, 15) is 8.78 Å². The van der Waals surface area contributed by atoms with Crippen LogP contribution in [0.5, 0.6) is 5.75 Å². The SMILES string of the molecule is OCc1cc(OCC(F)F)ccc1Br. The maximum atomic E-state index is 11.8. The normalized spacial score (nSPS) is 10.6. The van der Waals surface area contributed by atoms with Crippen molar-refractivity contribution >= 4 is 15.9 Å². The number of hydrogen-bond donors (Lipinski definition) is 1. The monoisotopic (exact) mass is 266 g/mol. The van der Waals surface area contributed by atoms with Gasteiger partial charge in [0.05, 0.1) is 6.61 Å². The Bertz CT molecular complexity index is 305. The van der Waals surface area contributed by atoms with E-state index in [2.05, 4.69) is 15.9 Å². The number of ether oxygens (including phenoxy) is 1. The van der Waals surface area contributed by atoms with Gasteiger partial charge in [-0.25, -0.2) is 8.78 Å². The highest BCUT2D eigenvalue weighted by Crippen LogP contribution is 2.22. The van der Waals surface area contributed by atoms with Gasteiger partial charge in [-0.15, -0.1) is 0 Å². The first kappa shape index (κ1) is 11.4. The molecule has 0 saturated carbocycles. The molecule has 0 aromatic heterocycles. The molecule has 0 spiro atoms. The van der Waals surface area contributed by atoms with Crippen LogP contribution in [0, 0.1) is 0 Å². The van der Waals surface area contributed by atoms with Gasteiger partial charge in [-0.05, 0) is 23.8 Å². The molecule has 78 valence electrons. The highest BCUT2D eigenvalue weighted by molar-refractivity contribution is 9.10. The lowest BCUT2D eigenvalue weighted by atomic mass is 10.2. The Labute approximate surface area is 88.6 Å². The Balaban J connectivity index is 2.69. The van der Waals surface area contributed by atoms with Gasteiger partial charge in [0.15, 0.2) is 0 Å². The number of aliphatic hydroxyl groups excluding tert-OH is 1. The highest BCUT2D eigenvalue weighted by atomic mass is 79.9. The van der Waals surface area contributed by atoms with Crippen molar-refractivity contribution in [2.24, 2.45) is 0 Å². The summed E-state index contributed by atoms with van der Waals surface area (Å²) in [4.78, 5) is 0. The first-order valence-electron chi connectivity index (χ1n) is 3.93. The fraction of sp³-hybridized carbons (Fsp3) is 0.333. The van der Waals surface area contributed by atoms with Crippen molar-refractivity contribution in [3.63, 3.8) is 0 Å². The molecule has 0 heterocycles. The van der Waals surface area contributed by atoms with Crippen molar-refractivity contribution < 1.29 is 18.6 Å². The summed E-state index contributed by atoms with van der Waals surface area (Å²) in [5, 5.41) is 8.89. The Morgan fingerprint density at radius 2 is 2.14 bits per heavy atom. The first-order valence-corrected chi connectivity index (χ1v) is 4.73. The van der Waals surface area contributed by atoms with Gasteiger partial charge in [0.25, 0.3) is 6.43 Å². The maximum absolute atomic E-state index is 11.8. The van der Waals surface area contributed by atoms with Crippen LogP contribution < -0.4 is 4.74 Å². The molecule has 0 aliphatic heterocycles. The summed E-state index contributed by atoms with van der Waals surface area (Å²) in [5.74, 6) is 0.331. The Kier molecular flexibility index (Phi) is 4.28. The molecule has 14 heavy (non-hydrogen) atoms. The van der Waals surface area contributed by atoms with Gasteiger partial charge >= 0.3 is 0 Å². The number of halogens is 3. The molecule has 0 unspecified atom stereocenters. The van der Waals surface area contributed by atoms with E-state index >= 15 is 0 Å². The van der Waals surface area contributed by atoms with Crippen molar-refractivity contribution in [2.75, 3.05) is 6.61 Å². The molecule has 0 aliphatic carbocycles. The molecule has 0 radical (unpaired) electrons. The van der Waals surface area contributed by atoms with E-state index in [4.69, 9.17) is 9.84 Å². The van der Waals surface area contributed by atoms with E-state index in [1.165, 1.54) is 6.07 Å². The zero-order valence-corrected chi connectivity index (χ0v) is 8.80. The number of aliphatic hydroxyl groups is 1. The molecule has 5 heteroatoms. The minimum absolute atomic E-state index is 0.160. The molecule has 2 nitrogen and oxygen atoms in total. The summed E-state index contributed by atoms with van der Waals surface area (Å²) in [6, 6.07) is 4.73. The molecule has 0 saturated heterocycles. The van der Waals surface area contributed by atoms with Crippen molar-refractivity contribution in [3.8, 4) is 5.75 Å². The van der Waals surface area contributed by atoms with Crippen LogP contribution in [0.3, 0.4) is 0 Å². The maximum Gasteiger partial charge on any atom is 0.272 e. The van der Waals surface area contributed by atoms with E-state index in [1.807, 2.05) is 0 Å². The van der Waals surface area contributed by atoms with Crippen LogP contribution in [-0.2, 0) is 6.61 Å². The second kappa shape index (κ2) is 5.26. The molecule has 1 aromatic carbocycles. The zero-order valence-electron chi connectivity index (χ0n) is 7.21. The van der Waals surface area contributed by atoms with Gasteiger partial charge in [-0.1, -0.05) is 15.9 Å². The molecule has 0 bridgehead atoms. The van der Waals surface area contributed by atoms with Gasteiger partial charge in [0.2, 0.25) is 0 Å². The third-order valence-electron chi connectivity index (χ3n) is 1.56. The molecule has 0 atom stereocenters. The number of alkyl halides is 2. The third-order valence-corrected chi connectivity index (χ3v) is 2.34. The van der Waals surface area contributed by atoms with Crippen LogP contribution in [0.25, 0.3) is 0 Å². The van der Waals surface area contributed by atoms with Crippen LogP contribution in [0.1, 0.15) is 5.56 Å². The lowest BCUT2D eigenvalue weighted by Gasteiger charge is -2.07. The van der Waals surface area contributed by atoms with Crippen LogP contribution in [0.2, 0.25) is 0 Å². The molecule has 0 amide bonds. The topological polar surface area (TPSA) is 29.5 Å². The largest absolute Gasteiger partial charge is 0.488 e. The molecule has 0 fully saturated rings. The molecule has 1 aromatic rings. The van der Waals surface area contributed by atoms with Crippen molar-refractivity contribution in [1.29, 1.82) is 0 Å². The molecule has 0 aliphatic rings. The quantitative estimate of drug-likeness (QED) is 0.908. The first-order chi connectivity index (χ1) is 6.63. The van der Waals surface area contributed by atoms with Gasteiger partial charge in [0.1, 0.15) is 12.4 Å². The summed E-state index contributed by atoms with van der Waals surface area (Å²) in [7, 11) is 0. The minimum Gasteiger partial charge on any atom is -0.488 e. The second-order valence-electron chi connectivity index (χ2n) is 2.61. The van der Waals surface area contributed by atoms with E-state index in [1.54, 1.807) is 12.1 Å². The summed E-state index contributed by atoms with van der Waals surface area (Å²) in [6.07, 6.45) is -2.49. The van der Waals surface area contributed by atoms with Crippen LogP contribution in [-0.4, -0.2) is 18.1 Å². The van der Waals surface area contributed by atoms with Gasteiger partial charge in [-0.2, -0.15) is 0 Å². The Morgan fingerprint density at radius 3 is 2.71 bits per heavy atom. The number of benzene rings is 1. The fourth-order valence-corrected chi connectivity index (χ4v) is 1.29. The van der Waals surface area contributed by atoms with E-state index < -0.39 is 13.0 Å². The molecule has 1 rings (SSSR count). The van der Waals surface area contributed by atoms with Crippen molar-refractivity contribution in [1.82, 2.24) is 0 Å². The second-order valence-corrected chi connectivity index (χ2v) is 3.47. The molecule has 1 N–H and O–H groups in total. The fourth-order valence-electron chi connectivity index (χ4n) is 0.921. The van der Waals surface area contributed by atoms with Gasteiger partial charge in [0, 0.05) is 4.47 Å². The van der Waals surface area contributed by atoms with Crippen LogP contribution in [0.15, 0.2) is 22.7 Å². The standard InChI is InChI=1S/C9H9BrF2O2/c10-8-2-1-7(3-6(8)4-13)14-5-9(11)12/h1-3,9,13H,4-5H2. The average Bonchev–Trinajstić information content (AvgIpc) is 2.16. The number of hydrogen-bond acceptors (Lipinski definition) is 2. The van der Waals surface area contributed by atoms with Gasteiger partial charge in [-0.3, -0.25) is 0 Å². The smallest absolute Gasteiger partial charge is 0.272 e. The summed E-state index contributed by atoms with van der Waals surface area (Å²) >= 11 is 3.21. The van der Waals surface area contributed by atoms with E-state index in [-0.39, 0.29) is 6.61 Å². The third kappa shape index (κ3) is 3.23. The summed E-state index contributed by atoms with van der Waals surface area (Å²) < 4.78 is 29.1. The van der Waals surface area contributed by atoms with E-state index in [0.717, 1.165) is 4.47 Å². The van der Waals surface area contributed by atoms with Crippen LogP contribution in [0.4, 0.5) is 8.78 Å². The zero-order chi connectivity index (χ0) is 10.6. The number of rotatable bonds is 4. The average molecular weight is 267 g/mol. The van der Waals surface area contributed by atoms with Gasteiger partial charge < -0.3 is 9.84 Å².